The lowest BCUT2D eigenvalue weighted by atomic mass is 10.3. The number of anilines is 1. The van der Waals surface area contributed by atoms with Crippen LogP contribution in [0, 0.1) is 23.4 Å². The summed E-state index contributed by atoms with van der Waals surface area (Å²) in [5, 5.41) is 0. The zero-order valence-corrected chi connectivity index (χ0v) is 10.4. The second-order valence-electron chi connectivity index (χ2n) is 3.65. The van der Waals surface area contributed by atoms with Gasteiger partial charge in [-0.05, 0) is 24.3 Å². The number of aromatic nitrogens is 1. The molecule has 0 spiro atoms. The summed E-state index contributed by atoms with van der Waals surface area (Å²) in [5.41, 5.74) is -0.157. The third-order valence-electron chi connectivity index (χ3n) is 2.27. The maximum Gasteiger partial charge on any atom is 0.264 e. The van der Waals surface area contributed by atoms with Crippen molar-refractivity contribution in [2.45, 2.75) is 4.90 Å². The molecule has 0 fully saturated rings. The molecule has 1 aromatic carbocycles. The minimum absolute atomic E-state index is 0.157. The maximum atomic E-state index is 13.4. The number of rotatable bonds is 3. The van der Waals surface area contributed by atoms with E-state index in [0.717, 1.165) is 18.3 Å². The molecule has 0 aliphatic heterocycles. The van der Waals surface area contributed by atoms with Gasteiger partial charge in [-0.1, -0.05) is 0 Å². The number of sulfonamides is 1. The highest BCUT2D eigenvalue weighted by molar-refractivity contribution is 7.92. The Morgan fingerprint density at radius 2 is 1.65 bits per heavy atom. The van der Waals surface area contributed by atoms with E-state index in [4.69, 9.17) is 0 Å². The summed E-state index contributed by atoms with van der Waals surface area (Å²) < 4.78 is 77.2. The summed E-state index contributed by atoms with van der Waals surface area (Å²) in [4.78, 5) is 2.12. The molecule has 0 unspecified atom stereocenters. The summed E-state index contributed by atoms with van der Waals surface area (Å²) in [6.45, 7) is 0. The van der Waals surface area contributed by atoms with Crippen LogP contribution in [0.25, 0.3) is 0 Å². The molecule has 2 aromatic rings. The normalized spacial score (nSPS) is 11.4. The van der Waals surface area contributed by atoms with Crippen LogP contribution >= 0.6 is 0 Å². The van der Waals surface area contributed by atoms with Crippen LogP contribution in [0.1, 0.15) is 0 Å². The summed E-state index contributed by atoms with van der Waals surface area (Å²) >= 11 is 0. The molecule has 0 atom stereocenters. The molecule has 1 N–H and O–H groups in total. The molecule has 9 heteroatoms. The van der Waals surface area contributed by atoms with E-state index in [-0.39, 0.29) is 5.69 Å². The first-order valence-corrected chi connectivity index (χ1v) is 6.57. The Kier molecular flexibility index (Phi) is 3.62. The van der Waals surface area contributed by atoms with Crippen LogP contribution in [0.3, 0.4) is 0 Å². The highest BCUT2D eigenvalue weighted by atomic mass is 32.2. The molecule has 0 aliphatic carbocycles. The molecule has 0 saturated heterocycles. The predicted octanol–water partition coefficient (Wildman–Crippen LogP) is 2.44. The molecule has 4 nitrogen and oxygen atoms in total. The molecule has 20 heavy (non-hydrogen) atoms. The molecule has 0 radical (unpaired) electrons. The highest BCUT2D eigenvalue weighted by Gasteiger charge is 2.24. The summed E-state index contributed by atoms with van der Waals surface area (Å²) in [6.07, 6.45) is 0.852. The van der Waals surface area contributed by atoms with Crippen molar-refractivity contribution in [2.75, 3.05) is 4.72 Å². The van der Waals surface area contributed by atoms with Crippen molar-refractivity contribution in [3.63, 3.8) is 0 Å². The molecular weight excluding hydrogens is 300 g/mol. The predicted molar refractivity (Wildman–Crippen MR) is 61.3 cm³/mol. The Labute approximate surface area is 111 Å². The Morgan fingerprint density at radius 1 is 0.950 bits per heavy atom. The van der Waals surface area contributed by atoms with Crippen LogP contribution in [0.4, 0.5) is 23.2 Å². The average Bonchev–Trinajstić information content (AvgIpc) is 2.38. The van der Waals surface area contributed by atoms with Gasteiger partial charge in [0, 0.05) is 0 Å². The van der Waals surface area contributed by atoms with Gasteiger partial charge in [0.1, 0.15) is 4.90 Å². The fourth-order valence-electron chi connectivity index (χ4n) is 1.36. The molecule has 0 aliphatic rings. The molecule has 106 valence electrons. The summed E-state index contributed by atoms with van der Waals surface area (Å²) in [7, 11) is -4.49. The summed E-state index contributed by atoms with van der Waals surface area (Å²) in [6, 6.07) is 2.97. The minimum Gasteiger partial charge on any atom is -0.278 e. The van der Waals surface area contributed by atoms with Crippen LogP contribution in [0.5, 0.6) is 0 Å². The number of nitrogens with one attached hydrogen (secondary N) is 1. The van der Waals surface area contributed by atoms with E-state index in [1.54, 1.807) is 0 Å². The molecule has 1 heterocycles. The Morgan fingerprint density at radius 3 is 2.25 bits per heavy atom. The van der Waals surface area contributed by atoms with Crippen LogP contribution < -0.4 is 4.72 Å². The Bertz CT molecular complexity index is 748. The lowest BCUT2D eigenvalue weighted by Crippen LogP contribution is -2.16. The van der Waals surface area contributed by atoms with Gasteiger partial charge in [0.2, 0.25) is 5.95 Å². The molecule has 0 bridgehead atoms. The van der Waals surface area contributed by atoms with Gasteiger partial charge in [-0.3, -0.25) is 4.72 Å². The average molecular weight is 306 g/mol. The molecule has 0 saturated carbocycles. The standard InChI is InChI=1S/C11H6F4N2O2S/c12-7-2-3-8(11(15)10(7)14)20(18,19)17-6-1-4-9(13)16-5-6/h1-5,17H. The number of halogens is 4. The largest absolute Gasteiger partial charge is 0.278 e. The van der Waals surface area contributed by atoms with Crippen molar-refractivity contribution < 1.29 is 26.0 Å². The number of nitrogens with zero attached hydrogens (tertiary/aromatic N) is 1. The van der Waals surface area contributed by atoms with Gasteiger partial charge in [0.05, 0.1) is 11.9 Å². The van der Waals surface area contributed by atoms with E-state index >= 15 is 0 Å². The molecular formula is C11H6F4N2O2S. The second kappa shape index (κ2) is 5.08. The number of pyridine rings is 1. The van der Waals surface area contributed by atoms with Gasteiger partial charge < -0.3 is 0 Å². The fourth-order valence-corrected chi connectivity index (χ4v) is 2.48. The summed E-state index contributed by atoms with van der Waals surface area (Å²) in [5.74, 6) is -6.09. The van der Waals surface area contributed by atoms with Crippen molar-refractivity contribution in [3.8, 4) is 0 Å². The third kappa shape index (κ3) is 2.72. The van der Waals surface area contributed by atoms with E-state index in [2.05, 4.69) is 4.98 Å². The zero-order valence-electron chi connectivity index (χ0n) is 9.57. The van der Waals surface area contributed by atoms with Crippen LogP contribution in [0.2, 0.25) is 0 Å². The van der Waals surface area contributed by atoms with Crippen molar-refractivity contribution in [2.24, 2.45) is 0 Å². The van der Waals surface area contributed by atoms with Crippen molar-refractivity contribution in [1.82, 2.24) is 4.98 Å². The van der Waals surface area contributed by atoms with Gasteiger partial charge >= 0.3 is 0 Å². The van der Waals surface area contributed by atoms with Crippen LogP contribution in [-0.4, -0.2) is 13.4 Å². The quantitative estimate of drug-likeness (QED) is 0.538. The van der Waals surface area contributed by atoms with Gasteiger partial charge in [0.15, 0.2) is 17.5 Å². The van der Waals surface area contributed by atoms with Crippen molar-refractivity contribution in [3.05, 3.63) is 53.9 Å². The number of hydrogen-bond donors (Lipinski definition) is 1. The van der Waals surface area contributed by atoms with Crippen LogP contribution in [0.15, 0.2) is 35.4 Å². The van der Waals surface area contributed by atoms with E-state index in [1.165, 1.54) is 0 Å². The number of benzene rings is 1. The fraction of sp³-hybridized carbons (Fsp3) is 0. The molecule has 1 aromatic heterocycles. The first kappa shape index (κ1) is 14.3. The number of hydrogen-bond acceptors (Lipinski definition) is 3. The van der Waals surface area contributed by atoms with Crippen molar-refractivity contribution in [1.29, 1.82) is 0 Å². The van der Waals surface area contributed by atoms with Gasteiger partial charge in [-0.15, -0.1) is 0 Å². The van der Waals surface area contributed by atoms with E-state index in [1.807, 2.05) is 4.72 Å². The smallest absolute Gasteiger partial charge is 0.264 e. The monoisotopic (exact) mass is 306 g/mol. The SMILES string of the molecule is O=S(=O)(Nc1ccc(F)nc1)c1ccc(F)c(F)c1F. The molecule has 2 rings (SSSR count). The first-order valence-electron chi connectivity index (χ1n) is 5.09. The van der Waals surface area contributed by atoms with Crippen LogP contribution in [-0.2, 0) is 10.0 Å². The van der Waals surface area contributed by atoms with E-state index < -0.39 is 38.3 Å². The first-order chi connectivity index (χ1) is 9.31. The zero-order chi connectivity index (χ0) is 14.9. The maximum absolute atomic E-state index is 13.4. The van der Waals surface area contributed by atoms with E-state index in [0.29, 0.717) is 12.1 Å². The second-order valence-corrected chi connectivity index (χ2v) is 5.30. The Hall–Kier alpha value is -2.16. The van der Waals surface area contributed by atoms with Gasteiger partial charge in [-0.2, -0.15) is 4.39 Å². The third-order valence-corrected chi connectivity index (χ3v) is 3.67. The highest BCUT2D eigenvalue weighted by Crippen LogP contribution is 2.22. The molecule has 0 amide bonds. The minimum atomic E-state index is -4.49. The van der Waals surface area contributed by atoms with Crippen molar-refractivity contribution >= 4 is 15.7 Å². The van der Waals surface area contributed by atoms with Gasteiger partial charge in [-0.25, -0.2) is 26.6 Å². The lowest BCUT2D eigenvalue weighted by Gasteiger charge is -2.09. The topological polar surface area (TPSA) is 59.1 Å². The van der Waals surface area contributed by atoms with E-state index in [9.17, 15) is 26.0 Å². The lowest BCUT2D eigenvalue weighted by molar-refractivity contribution is 0.432. The Balaban J connectivity index is 2.41. The van der Waals surface area contributed by atoms with Gasteiger partial charge in [0.25, 0.3) is 10.0 Å².